The minimum Gasteiger partial charge on any atom is -0.399 e. The summed E-state index contributed by atoms with van der Waals surface area (Å²) in [5.41, 5.74) is 2.28. The van der Waals surface area contributed by atoms with Crippen LogP contribution in [0.1, 0.15) is 37.7 Å². The van der Waals surface area contributed by atoms with Crippen molar-refractivity contribution in [1.29, 1.82) is 0 Å². The van der Waals surface area contributed by atoms with Gasteiger partial charge in [0.2, 0.25) is 0 Å². The topological polar surface area (TPSA) is 51.0 Å². The predicted molar refractivity (Wildman–Crippen MR) is 98.8 cm³/mol. The first-order chi connectivity index (χ1) is 12.2. The molecule has 0 amide bonds. The van der Waals surface area contributed by atoms with E-state index in [4.69, 9.17) is 9.57 Å². The number of fused-ring (bicyclic) bond motifs is 3. The summed E-state index contributed by atoms with van der Waals surface area (Å²) >= 11 is 0. The Bertz CT molecular complexity index is 788. The Labute approximate surface area is 148 Å². The van der Waals surface area contributed by atoms with E-state index in [1.54, 1.807) is 7.11 Å². The lowest BCUT2D eigenvalue weighted by Gasteiger charge is -2.38. The molecule has 2 unspecified atom stereocenters. The largest absolute Gasteiger partial charge is 0.399 e. The first-order valence-electron chi connectivity index (χ1n) is 9.13. The molecular weight excluding hydrogens is 314 g/mol. The SMILES string of the molecule is CCC(=NOC)[C@H]1[C@@H](c2ccc3ccccc3c2)CC2CC(O)[C@@H]1O2. The van der Waals surface area contributed by atoms with Crippen molar-refractivity contribution < 1.29 is 14.7 Å². The van der Waals surface area contributed by atoms with Crippen LogP contribution in [0.4, 0.5) is 0 Å². The van der Waals surface area contributed by atoms with Gasteiger partial charge >= 0.3 is 0 Å². The molecule has 2 aliphatic heterocycles. The highest BCUT2D eigenvalue weighted by atomic mass is 16.6. The molecule has 2 aromatic carbocycles. The Balaban J connectivity index is 1.77. The van der Waals surface area contributed by atoms with Crippen molar-refractivity contribution in [3.63, 3.8) is 0 Å². The Morgan fingerprint density at radius 1 is 1.20 bits per heavy atom. The summed E-state index contributed by atoms with van der Waals surface area (Å²) in [5.74, 6) is 0.346. The van der Waals surface area contributed by atoms with E-state index in [1.165, 1.54) is 16.3 Å². The van der Waals surface area contributed by atoms with Gasteiger partial charge in [0, 0.05) is 12.3 Å². The molecule has 0 radical (unpaired) electrons. The first-order valence-corrected chi connectivity index (χ1v) is 9.13. The summed E-state index contributed by atoms with van der Waals surface area (Å²) in [7, 11) is 1.58. The molecule has 132 valence electrons. The van der Waals surface area contributed by atoms with Crippen LogP contribution >= 0.6 is 0 Å². The van der Waals surface area contributed by atoms with Crippen LogP contribution in [0, 0.1) is 5.92 Å². The standard InChI is InChI=1S/C21H25NO3/c1-3-18(22-24-2)20-17(11-16-12-19(23)21(20)25-16)15-9-8-13-6-4-5-7-14(13)10-15/h4-10,16-17,19-21,23H,3,11-12H2,1-2H3/t16?,17-,19?,20-,21+/m1/s1. The maximum Gasteiger partial charge on any atom is 0.106 e. The quantitative estimate of drug-likeness (QED) is 0.679. The van der Waals surface area contributed by atoms with Crippen molar-refractivity contribution in [3.8, 4) is 0 Å². The third-order valence-electron chi connectivity index (χ3n) is 5.69. The van der Waals surface area contributed by atoms with Gasteiger partial charge in [-0.15, -0.1) is 0 Å². The lowest BCUT2D eigenvalue weighted by atomic mass is 9.75. The molecule has 2 aromatic rings. The zero-order valence-corrected chi connectivity index (χ0v) is 14.8. The van der Waals surface area contributed by atoms with E-state index in [-0.39, 0.29) is 18.1 Å². The Kier molecular flexibility index (Phi) is 4.48. The average Bonchev–Trinajstić information content (AvgIpc) is 2.94. The van der Waals surface area contributed by atoms with Crippen LogP contribution in [0.5, 0.6) is 0 Å². The summed E-state index contributed by atoms with van der Waals surface area (Å²) in [4.78, 5) is 5.09. The van der Waals surface area contributed by atoms with Crippen molar-refractivity contribution in [2.45, 2.75) is 50.4 Å². The Morgan fingerprint density at radius 2 is 2.00 bits per heavy atom. The highest BCUT2D eigenvalue weighted by Gasteiger charge is 2.50. The average molecular weight is 339 g/mol. The van der Waals surface area contributed by atoms with Gasteiger partial charge in [-0.3, -0.25) is 0 Å². The molecule has 2 bridgehead atoms. The van der Waals surface area contributed by atoms with E-state index in [2.05, 4.69) is 54.5 Å². The molecule has 2 aliphatic rings. The third-order valence-corrected chi connectivity index (χ3v) is 5.69. The maximum atomic E-state index is 10.5. The second kappa shape index (κ2) is 6.77. The molecule has 2 heterocycles. The van der Waals surface area contributed by atoms with E-state index < -0.39 is 6.10 Å². The van der Waals surface area contributed by atoms with Gasteiger partial charge in [-0.2, -0.15) is 0 Å². The number of rotatable bonds is 4. The molecule has 0 saturated carbocycles. The van der Waals surface area contributed by atoms with E-state index >= 15 is 0 Å². The molecule has 0 spiro atoms. The van der Waals surface area contributed by atoms with Crippen LogP contribution in [0.25, 0.3) is 10.8 Å². The van der Waals surface area contributed by atoms with E-state index in [0.29, 0.717) is 5.92 Å². The van der Waals surface area contributed by atoms with Crippen molar-refractivity contribution >= 4 is 16.5 Å². The normalized spacial score (nSPS) is 32.1. The highest BCUT2D eigenvalue weighted by Crippen LogP contribution is 2.46. The molecule has 0 aromatic heterocycles. The number of nitrogens with zero attached hydrogens (tertiary/aromatic N) is 1. The van der Waals surface area contributed by atoms with Gasteiger partial charge in [-0.25, -0.2) is 0 Å². The van der Waals surface area contributed by atoms with Gasteiger partial charge in [0.25, 0.3) is 0 Å². The number of aliphatic hydroxyl groups is 1. The molecule has 5 atom stereocenters. The first kappa shape index (κ1) is 16.6. The second-order valence-corrected chi connectivity index (χ2v) is 7.12. The molecule has 4 nitrogen and oxygen atoms in total. The molecule has 4 rings (SSSR count). The molecule has 0 aliphatic carbocycles. The van der Waals surface area contributed by atoms with Crippen LogP contribution in [0.2, 0.25) is 0 Å². The summed E-state index contributed by atoms with van der Waals surface area (Å²) in [6.07, 6.45) is 1.94. The smallest absolute Gasteiger partial charge is 0.106 e. The minimum atomic E-state index is -0.422. The molecule has 1 N–H and O–H groups in total. The number of ether oxygens (including phenoxy) is 1. The van der Waals surface area contributed by atoms with Gasteiger partial charge in [-0.1, -0.05) is 54.5 Å². The van der Waals surface area contributed by atoms with Crippen molar-refractivity contribution in [2.75, 3.05) is 7.11 Å². The molecule has 4 heteroatoms. The predicted octanol–water partition coefficient (Wildman–Crippen LogP) is 3.87. The summed E-state index contributed by atoms with van der Waals surface area (Å²) in [5, 5.41) is 17.3. The minimum absolute atomic E-state index is 0.0554. The molecule has 2 saturated heterocycles. The lowest BCUT2D eigenvalue weighted by molar-refractivity contribution is -0.0509. The number of hydrogen-bond donors (Lipinski definition) is 1. The van der Waals surface area contributed by atoms with E-state index in [0.717, 1.165) is 25.0 Å². The number of hydrogen-bond acceptors (Lipinski definition) is 4. The fourth-order valence-electron chi connectivity index (χ4n) is 4.59. The van der Waals surface area contributed by atoms with Crippen LogP contribution in [0.3, 0.4) is 0 Å². The zero-order valence-electron chi connectivity index (χ0n) is 14.8. The van der Waals surface area contributed by atoms with Crippen LogP contribution in [0.15, 0.2) is 47.6 Å². The fourth-order valence-corrected chi connectivity index (χ4v) is 4.59. The van der Waals surface area contributed by atoms with Crippen LogP contribution in [-0.4, -0.2) is 36.2 Å². The maximum absolute atomic E-state index is 10.5. The number of aliphatic hydroxyl groups excluding tert-OH is 1. The lowest BCUT2D eigenvalue weighted by Crippen LogP contribution is -2.42. The van der Waals surface area contributed by atoms with Gasteiger partial charge in [0.05, 0.1) is 24.0 Å². The second-order valence-electron chi connectivity index (χ2n) is 7.12. The third kappa shape index (κ3) is 2.94. The van der Waals surface area contributed by atoms with Crippen molar-refractivity contribution in [2.24, 2.45) is 11.1 Å². The fraction of sp³-hybridized carbons (Fsp3) is 0.476. The molecular formula is C21H25NO3. The van der Waals surface area contributed by atoms with E-state index in [1.807, 2.05) is 0 Å². The number of benzene rings is 2. The van der Waals surface area contributed by atoms with Gasteiger partial charge in [-0.05, 0) is 35.1 Å². The Morgan fingerprint density at radius 3 is 2.76 bits per heavy atom. The number of oxime groups is 1. The van der Waals surface area contributed by atoms with Crippen LogP contribution < -0.4 is 0 Å². The Hall–Kier alpha value is -1.91. The monoisotopic (exact) mass is 339 g/mol. The van der Waals surface area contributed by atoms with E-state index in [9.17, 15) is 5.11 Å². The zero-order chi connectivity index (χ0) is 17.4. The highest BCUT2D eigenvalue weighted by molar-refractivity contribution is 5.88. The van der Waals surface area contributed by atoms with Crippen LogP contribution in [-0.2, 0) is 9.57 Å². The molecule has 2 fully saturated rings. The van der Waals surface area contributed by atoms with Gasteiger partial charge in [0.1, 0.15) is 7.11 Å². The van der Waals surface area contributed by atoms with Crippen molar-refractivity contribution in [3.05, 3.63) is 48.0 Å². The summed E-state index contributed by atoms with van der Waals surface area (Å²) in [6.45, 7) is 2.09. The van der Waals surface area contributed by atoms with Gasteiger partial charge in [0.15, 0.2) is 0 Å². The summed E-state index contributed by atoms with van der Waals surface area (Å²) < 4.78 is 6.10. The summed E-state index contributed by atoms with van der Waals surface area (Å²) in [6, 6.07) is 15.1. The molecule has 25 heavy (non-hydrogen) atoms. The van der Waals surface area contributed by atoms with Crippen molar-refractivity contribution in [1.82, 2.24) is 0 Å². The van der Waals surface area contributed by atoms with Gasteiger partial charge < -0.3 is 14.7 Å².